The number of nitrogens with two attached hydrogens (primary N) is 3. The average Bonchev–Trinajstić information content (AvgIpc) is 2.53. The van der Waals surface area contributed by atoms with Gasteiger partial charge >= 0.3 is 6.18 Å². The zero-order valence-electron chi connectivity index (χ0n) is 13.3. The van der Waals surface area contributed by atoms with Gasteiger partial charge in [0.1, 0.15) is 11.5 Å². The minimum atomic E-state index is -5.74. The van der Waals surface area contributed by atoms with Crippen molar-refractivity contribution in [3.05, 3.63) is 47.5 Å². The number of hydrogen-bond acceptors (Lipinski definition) is 6. The highest BCUT2D eigenvalue weighted by Crippen LogP contribution is 2.55. The SMILES string of the molecule is Nc1cc(C(c2ccc(O)c(N)c2)(C(F)(F)F)C(N)(F)N(F)F)ccc1O. The van der Waals surface area contributed by atoms with E-state index in [1.54, 1.807) is 0 Å². The molecule has 2 aromatic rings. The van der Waals surface area contributed by atoms with Gasteiger partial charge in [-0.15, -0.1) is 0 Å². The van der Waals surface area contributed by atoms with Gasteiger partial charge in [0, 0.05) is 0 Å². The van der Waals surface area contributed by atoms with Crippen molar-refractivity contribution in [1.82, 2.24) is 5.34 Å². The van der Waals surface area contributed by atoms with Crippen molar-refractivity contribution in [3.63, 3.8) is 0 Å². The van der Waals surface area contributed by atoms with Crippen molar-refractivity contribution in [2.24, 2.45) is 5.73 Å². The number of phenols is 2. The first-order valence-corrected chi connectivity index (χ1v) is 7.11. The molecule has 0 aromatic heterocycles. The molecule has 0 aliphatic heterocycles. The standard InChI is InChI=1S/C15H14F6N4O2/c16-14(17,18)13(15(19,24)25(20)21,7-1-3-11(26)9(22)5-7)8-2-4-12(27)10(23)6-8/h1-6,26-27H,22-24H2. The van der Waals surface area contributed by atoms with Crippen LogP contribution in [0.3, 0.4) is 0 Å². The van der Waals surface area contributed by atoms with E-state index in [0.29, 0.717) is 36.4 Å². The van der Waals surface area contributed by atoms with Crippen molar-refractivity contribution in [2.75, 3.05) is 11.5 Å². The number of nitrogens with zero attached hydrogens (tertiary/aromatic N) is 1. The first kappa shape index (κ1) is 20.5. The monoisotopic (exact) mass is 396 g/mol. The molecule has 2 aromatic carbocycles. The largest absolute Gasteiger partial charge is 0.506 e. The minimum Gasteiger partial charge on any atom is -0.506 e. The summed E-state index contributed by atoms with van der Waals surface area (Å²) in [5.74, 6) is -6.13. The summed E-state index contributed by atoms with van der Waals surface area (Å²) >= 11 is 0. The topological polar surface area (TPSA) is 122 Å². The molecule has 1 atom stereocenters. The van der Waals surface area contributed by atoms with Crippen LogP contribution >= 0.6 is 0 Å². The number of phenolic OH excluding ortho intramolecular Hbond substituents is 2. The van der Waals surface area contributed by atoms with Crippen molar-refractivity contribution >= 4 is 11.4 Å². The second-order valence-electron chi connectivity index (χ2n) is 5.70. The van der Waals surface area contributed by atoms with Crippen molar-refractivity contribution in [1.29, 1.82) is 0 Å². The van der Waals surface area contributed by atoms with Crippen LogP contribution in [0.15, 0.2) is 36.4 Å². The van der Waals surface area contributed by atoms with Crippen LogP contribution in [0.2, 0.25) is 0 Å². The van der Waals surface area contributed by atoms with Gasteiger partial charge < -0.3 is 21.7 Å². The molecule has 0 bridgehead atoms. The molecule has 27 heavy (non-hydrogen) atoms. The van der Waals surface area contributed by atoms with Crippen LogP contribution in [0.5, 0.6) is 11.5 Å². The highest BCUT2D eigenvalue weighted by atomic mass is 19.4. The lowest BCUT2D eigenvalue weighted by atomic mass is 9.70. The lowest BCUT2D eigenvalue weighted by Gasteiger charge is -2.44. The number of rotatable bonds is 4. The molecule has 2 rings (SSSR count). The maximum Gasteiger partial charge on any atom is 0.408 e. The van der Waals surface area contributed by atoms with Crippen LogP contribution < -0.4 is 17.2 Å². The van der Waals surface area contributed by atoms with Gasteiger partial charge in [-0.2, -0.15) is 13.2 Å². The van der Waals surface area contributed by atoms with E-state index in [0.717, 1.165) is 0 Å². The van der Waals surface area contributed by atoms with Gasteiger partial charge in [-0.05, 0) is 35.4 Å². The summed E-state index contributed by atoms with van der Waals surface area (Å²) in [5, 5.41) is 16.4. The Morgan fingerprint density at radius 1 is 0.778 bits per heavy atom. The number of anilines is 2. The molecule has 0 heterocycles. The molecule has 1 unspecified atom stereocenters. The maximum absolute atomic E-state index is 14.9. The number of alkyl halides is 4. The second kappa shape index (κ2) is 6.39. The van der Waals surface area contributed by atoms with Crippen LogP contribution in [-0.2, 0) is 5.41 Å². The van der Waals surface area contributed by atoms with Crippen LogP contribution in [0, 0.1) is 0 Å². The minimum absolute atomic E-state index is 0.469. The van der Waals surface area contributed by atoms with Crippen LogP contribution in [0.1, 0.15) is 11.1 Å². The Hall–Kier alpha value is -2.86. The number of halogens is 6. The van der Waals surface area contributed by atoms with Gasteiger partial charge in [0.25, 0.3) is 5.92 Å². The van der Waals surface area contributed by atoms with Gasteiger partial charge in [-0.3, -0.25) is 5.73 Å². The van der Waals surface area contributed by atoms with Gasteiger partial charge in [0.15, 0.2) is 5.41 Å². The summed E-state index contributed by atoms with van der Waals surface area (Å²) < 4.78 is 83.9. The van der Waals surface area contributed by atoms with E-state index in [9.17, 15) is 36.7 Å². The Bertz CT molecular complexity index is 805. The first-order valence-electron chi connectivity index (χ1n) is 7.11. The second-order valence-corrected chi connectivity index (χ2v) is 5.70. The van der Waals surface area contributed by atoms with Gasteiger partial charge in [0.05, 0.1) is 16.7 Å². The van der Waals surface area contributed by atoms with Crippen molar-refractivity contribution in [2.45, 2.75) is 17.5 Å². The molecule has 148 valence electrons. The van der Waals surface area contributed by atoms with Gasteiger partial charge in [-0.25, -0.2) is 4.39 Å². The van der Waals surface area contributed by atoms with Crippen LogP contribution in [-0.4, -0.2) is 27.7 Å². The zero-order chi connectivity index (χ0) is 20.8. The third-order valence-corrected chi connectivity index (χ3v) is 4.12. The third kappa shape index (κ3) is 2.96. The fourth-order valence-corrected chi connectivity index (χ4v) is 2.80. The average molecular weight is 396 g/mol. The van der Waals surface area contributed by atoms with E-state index >= 15 is 0 Å². The molecule has 0 amide bonds. The number of hydrogen-bond donors (Lipinski definition) is 5. The Kier molecular flexibility index (Phi) is 4.84. The Morgan fingerprint density at radius 2 is 1.15 bits per heavy atom. The molecule has 0 radical (unpaired) electrons. The van der Waals surface area contributed by atoms with E-state index < -0.39 is 56.9 Å². The predicted molar refractivity (Wildman–Crippen MR) is 84.0 cm³/mol. The fourth-order valence-electron chi connectivity index (χ4n) is 2.80. The summed E-state index contributed by atoms with van der Waals surface area (Å²) in [6, 6.07) is 3.38. The van der Waals surface area contributed by atoms with E-state index in [1.807, 2.05) is 0 Å². The highest BCUT2D eigenvalue weighted by molar-refractivity contribution is 5.61. The van der Waals surface area contributed by atoms with E-state index in [-0.39, 0.29) is 0 Å². The molecule has 0 spiro atoms. The summed E-state index contributed by atoms with van der Waals surface area (Å²) in [7, 11) is 0. The molecule has 0 saturated carbocycles. The molecule has 0 saturated heterocycles. The molecular formula is C15H14F6N4O2. The summed E-state index contributed by atoms with van der Waals surface area (Å²) in [6.07, 6.45) is -5.74. The third-order valence-electron chi connectivity index (χ3n) is 4.12. The number of nitrogen functional groups attached to an aromatic ring is 2. The normalized spacial score (nSPS) is 15.0. The molecule has 6 nitrogen and oxygen atoms in total. The van der Waals surface area contributed by atoms with Crippen molar-refractivity contribution < 1.29 is 36.7 Å². The van der Waals surface area contributed by atoms with Crippen LogP contribution in [0.4, 0.5) is 37.9 Å². The molecule has 0 aliphatic carbocycles. The quantitative estimate of drug-likeness (QED) is 0.135. The first-order chi connectivity index (χ1) is 12.3. The molecular weight excluding hydrogens is 382 g/mol. The van der Waals surface area contributed by atoms with Gasteiger partial charge in [0.2, 0.25) is 0 Å². The molecule has 0 aliphatic rings. The summed E-state index contributed by atoms with van der Waals surface area (Å²) in [6.45, 7) is 0. The highest BCUT2D eigenvalue weighted by Gasteiger charge is 2.72. The summed E-state index contributed by atoms with van der Waals surface area (Å²) in [4.78, 5) is 0. The smallest absolute Gasteiger partial charge is 0.408 e. The summed E-state index contributed by atoms with van der Waals surface area (Å²) in [5.41, 5.74) is 7.88. The Labute approximate surface area is 148 Å². The van der Waals surface area contributed by atoms with Crippen molar-refractivity contribution in [3.8, 4) is 11.5 Å². The van der Waals surface area contributed by atoms with E-state index in [4.69, 9.17) is 17.2 Å². The van der Waals surface area contributed by atoms with E-state index in [2.05, 4.69) is 0 Å². The molecule has 8 N–H and O–H groups in total. The molecule has 0 fully saturated rings. The maximum atomic E-state index is 14.9. The van der Waals surface area contributed by atoms with E-state index in [1.165, 1.54) is 0 Å². The fraction of sp³-hybridized carbons (Fsp3) is 0.200. The predicted octanol–water partition coefficient (Wildman–Crippen LogP) is 2.76. The van der Waals surface area contributed by atoms with Crippen LogP contribution in [0.25, 0.3) is 0 Å². The number of aromatic hydroxyl groups is 2. The number of benzene rings is 2. The lowest BCUT2D eigenvalue weighted by Crippen LogP contribution is -2.68. The lowest BCUT2D eigenvalue weighted by molar-refractivity contribution is -0.339. The molecule has 12 heteroatoms. The Balaban J connectivity index is 3.03. The Morgan fingerprint density at radius 3 is 1.41 bits per heavy atom. The van der Waals surface area contributed by atoms with Gasteiger partial charge in [-0.1, -0.05) is 21.1 Å². The zero-order valence-corrected chi connectivity index (χ0v) is 13.3.